The minimum absolute atomic E-state index is 0.0483. The van der Waals surface area contributed by atoms with Crippen LogP contribution in [0.1, 0.15) is 10.4 Å². The highest BCUT2D eigenvalue weighted by Gasteiger charge is 2.19. The number of rotatable bonds is 5. The molecule has 0 unspecified atom stereocenters. The topological polar surface area (TPSA) is 115 Å². The van der Waals surface area contributed by atoms with Crippen LogP contribution in [0.15, 0.2) is 24.3 Å². The second-order valence-electron chi connectivity index (χ2n) is 4.61. The van der Waals surface area contributed by atoms with E-state index >= 15 is 0 Å². The van der Waals surface area contributed by atoms with Crippen molar-refractivity contribution in [2.75, 3.05) is 21.3 Å². The Balaban J connectivity index is 2.38. The molecular formula is C16H16O8. The Morgan fingerprint density at radius 2 is 1.17 bits per heavy atom. The average Bonchev–Trinajstić information content (AvgIpc) is 2.58. The van der Waals surface area contributed by atoms with Crippen LogP contribution >= 0.6 is 0 Å². The number of carbonyl (C=O) groups excluding carboxylic acids is 1. The van der Waals surface area contributed by atoms with Crippen LogP contribution in [-0.4, -0.2) is 42.6 Å². The predicted octanol–water partition coefficient (Wildman–Crippen LogP) is 2.05. The Bertz CT molecular complexity index is 746. The highest BCUT2D eigenvalue weighted by atomic mass is 16.6. The molecule has 0 aliphatic rings. The summed E-state index contributed by atoms with van der Waals surface area (Å²) in [6.07, 6.45) is 0. The Labute approximate surface area is 137 Å². The van der Waals surface area contributed by atoms with E-state index < -0.39 is 23.2 Å². The Hall–Kier alpha value is -3.29. The summed E-state index contributed by atoms with van der Waals surface area (Å²) >= 11 is 0. The molecule has 0 atom stereocenters. The van der Waals surface area contributed by atoms with Gasteiger partial charge in [0.1, 0.15) is 0 Å². The van der Waals surface area contributed by atoms with Crippen LogP contribution in [0.4, 0.5) is 0 Å². The Kier molecular flexibility index (Phi) is 4.88. The van der Waals surface area contributed by atoms with Gasteiger partial charge < -0.3 is 34.3 Å². The van der Waals surface area contributed by atoms with Gasteiger partial charge in [0.05, 0.1) is 26.9 Å². The molecule has 3 N–H and O–H groups in total. The molecule has 2 aromatic rings. The fourth-order valence-corrected chi connectivity index (χ4v) is 1.96. The molecule has 0 aromatic heterocycles. The van der Waals surface area contributed by atoms with E-state index in [2.05, 4.69) is 0 Å². The predicted molar refractivity (Wildman–Crippen MR) is 82.5 cm³/mol. The van der Waals surface area contributed by atoms with Gasteiger partial charge in [-0.05, 0) is 12.1 Å². The van der Waals surface area contributed by atoms with Gasteiger partial charge in [-0.1, -0.05) is 0 Å². The van der Waals surface area contributed by atoms with Gasteiger partial charge in [0, 0.05) is 12.1 Å². The molecule has 2 aromatic carbocycles. The molecule has 0 amide bonds. The van der Waals surface area contributed by atoms with Gasteiger partial charge >= 0.3 is 5.97 Å². The van der Waals surface area contributed by atoms with Crippen molar-refractivity contribution in [3.63, 3.8) is 0 Å². The molecule has 0 aliphatic carbocycles. The number of hydrogen-bond donors (Lipinski definition) is 3. The number of phenolic OH excluding ortho intramolecular Hbond substituents is 3. The standard InChI is InChI=1S/C16H16O8/c1-21-11-6-13(23-3)14(7-12(11)22-2)24-16(20)8-4-9(17)15(19)10(18)5-8/h4-7,17-19H,1-3H3. The largest absolute Gasteiger partial charge is 0.504 e. The van der Waals surface area contributed by atoms with E-state index in [4.69, 9.17) is 18.9 Å². The van der Waals surface area contributed by atoms with Crippen molar-refractivity contribution in [2.24, 2.45) is 0 Å². The first kappa shape index (κ1) is 17.1. The second-order valence-corrected chi connectivity index (χ2v) is 4.61. The zero-order chi connectivity index (χ0) is 17.9. The van der Waals surface area contributed by atoms with E-state index in [1.165, 1.54) is 33.5 Å². The van der Waals surface area contributed by atoms with Crippen molar-refractivity contribution in [1.82, 2.24) is 0 Å². The van der Waals surface area contributed by atoms with Crippen LogP contribution in [0.3, 0.4) is 0 Å². The van der Waals surface area contributed by atoms with Crippen molar-refractivity contribution in [3.05, 3.63) is 29.8 Å². The van der Waals surface area contributed by atoms with Gasteiger partial charge in [0.25, 0.3) is 0 Å². The molecule has 0 spiro atoms. The fraction of sp³-hybridized carbons (Fsp3) is 0.188. The highest BCUT2D eigenvalue weighted by molar-refractivity contribution is 5.93. The number of benzene rings is 2. The normalized spacial score (nSPS) is 10.1. The highest BCUT2D eigenvalue weighted by Crippen LogP contribution is 2.40. The molecular weight excluding hydrogens is 320 g/mol. The average molecular weight is 336 g/mol. The molecule has 24 heavy (non-hydrogen) atoms. The van der Waals surface area contributed by atoms with Crippen molar-refractivity contribution >= 4 is 5.97 Å². The third kappa shape index (κ3) is 3.22. The lowest BCUT2D eigenvalue weighted by Gasteiger charge is -2.14. The van der Waals surface area contributed by atoms with Crippen LogP contribution in [-0.2, 0) is 0 Å². The summed E-state index contributed by atoms with van der Waals surface area (Å²) in [5, 5.41) is 28.2. The molecule has 0 saturated carbocycles. The van der Waals surface area contributed by atoms with E-state index in [1.54, 1.807) is 0 Å². The Morgan fingerprint density at radius 1 is 0.750 bits per heavy atom. The number of hydrogen-bond acceptors (Lipinski definition) is 8. The molecule has 0 radical (unpaired) electrons. The molecule has 8 heteroatoms. The van der Waals surface area contributed by atoms with E-state index in [0.29, 0.717) is 11.5 Å². The minimum Gasteiger partial charge on any atom is -0.504 e. The second kappa shape index (κ2) is 6.86. The lowest BCUT2D eigenvalue weighted by atomic mass is 10.2. The summed E-state index contributed by atoms with van der Waals surface area (Å²) in [5.74, 6) is -1.95. The van der Waals surface area contributed by atoms with Gasteiger partial charge in [-0.25, -0.2) is 4.79 Å². The zero-order valence-corrected chi connectivity index (χ0v) is 13.2. The summed E-state index contributed by atoms with van der Waals surface area (Å²) in [7, 11) is 4.26. The number of methoxy groups -OCH3 is 3. The van der Waals surface area contributed by atoms with Crippen LogP contribution in [0.2, 0.25) is 0 Å². The summed E-state index contributed by atoms with van der Waals surface area (Å²) < 4.78 is 20.6. The van der Waals surface area contributed by atoms with E-state index in [1.807, 2.05) is 0 Å². The van der Waals surface area contributed by atoms with Crippen LogP contribution in [0.25, 0.3) is 0 Å². The molecule has 0 saturated heterocycles. The van der Waals surface area contributed by atoms with Gasteiger partial charge in [-0.3, -0.25) is 0 Å². The third-order valence-corrected chi connectivity index (χ3v) is 3.18. The van der Waals surface area contributed by atoms with Crippen LogP contribution in [0, 0.1) is 0 Å². The van der Waals surface area contributed by atoms with Crippen molar-refractivity contribution in [1.29, 1.82) is 0 Å². The van der Waals surface area contributed by atoms with Gasteiger partial charge in [0.15, 0.2) is 40.2 Å². The molecule has 0 heterocycles. The molecule has 0 aliphatic heterocycles. The summed E-state index contributed by atoms with van der Waals surface area (Å²) in [6.45, 7) is 0. The van der Waals surface area contributed by atoms with Gasteiger partial charge in [-0.15, -0.1) is 0 Å². The SMILES string of the molecule is COc1cc(OC)c(OC(=O)c2cc(O)c(O)c(O)c2)cc1OC. The first-order chi connectivity index (χ1) is 11.4. The molecule has 2 rings (SSSR count). The van der Waals surface area contributed by atoms with Crippen molar-refractivity contribution < 1.29 is 39.1 Å². The van der Waals surface area contributed by atoms with Gasteiger partial charge in [0.2, 0.25) is 0 Å². The number of phenols is 3. The number of ether oxygens (including phenoxy) is 4. The van der Waals surface area contributed by atoms with E-state index in [-0.39, 0.29) is 17.1 Å². The Morgan fingerprint density at radius 3 is 1.62 bits per heavy atom. The third-order valence-electron chi connectivity index (χ3n) is 3.18. The number of aromatic hydroxyl groups is 3. The maximum atomic E-state index is 12.2. The monoisotopic (exact) mass is 336 g/mol. The summed E-state index contributed by atoms with van der Waals surface area (Å²) in [5.41, 5.74) is -0.167. The lowest BCUT2D eigenvalue weighted by Crippen LogP contribution is -2.09. The maximum Gasteiger partial charge on any atom is 0.343 e. The summed E-state index contributed by atoms with van der Waals surface area (Å²) in [4.78, 5) is 12.2. The van der Waals surface area contributed by atoms with E-state index in [0.717, 1.165) is 12.1 Å². The molecule has 128 valence electrons. The lowest BCUT2D eigenvalue weighted by molar-refractivity contribution is 0.0728. The number of carbonyl (C=O) groups is 1. The summed E-state index contributed by atoms with van der Waals surface area (Å²) in [6, 6.07) is 4.80. The maximum absolute atomic E-state index is 12.2. The molecule has 8 nitrogen and oxygen atoms in total. The van der Waals surface area contributed by atoms with Crippen molar-refractivity contribution in [2.45, 2.75) is 0 Å². The minimum atomic E-state index is -0.883. The van der Waals surface area contributed by atoms with Crippen LogP contribution < -0.4 is 18.9 Å². The van der Waals surface area contributed by atoms with E-state index in [9.17, 15) is 20.1 Å². The fourth-order valence-electron chi connectivity index (χ4n) is 1.96. The molecule has 0 fully saturated rings. The van der Waals surface area contributed by atoms with Gasteiger partial charge in [-0.2, -0.15) is 0 Å². The van der Waals surface area contributed by atoms with Crippen molar-refractivity contribution in [3.8, 4) is 40.2 Å². The first-order valence-electron chi connectivity index (χ1n) is 6.68. The quantitative estimate of drug-likeness (QED) is 0.432. The molecule has 0 bridgehead atoms. The number of esters is 1. The van der Waals surface area contributed by atoms with Crippen LogP contribution in [0.5, 0.6) is 40.2 Å². The smallest absolute Gasteiger partial charge is 0.343 e. The first-order valence-corrected chi connectivity index (χ1v) is 6.68. The zero-order valence-electron chi connectivity index (χ0n) is 13.2.